The SMILES string of the molecule is C#Cc1c(N2CCN(C(=O)/C=C/CN)CC2)c2cc(Cl)c(-c3ccccc3F)nc2n(-c2c(C(C)C)ncnc2C(C)C)c1=O.C#Cc1c(N2CCN(C(=O)C=C)CC2)c2cc(Cl)c(-c3ccccc3C)nc2n(-c2c(C(C)C)ccnc2C(C)C)c1=O.C#Cc1c(N2CCN(C(=O)C=C)CC2)c2cc(Cl)c(-c3ccccc3F)nc2n(-c2c(C)ccnc2C(C)C)c1=O. The van der Waals surface area contributed by atoms with Crippen molar-refractivity contribution in [1.82, 2.24) is 63.3 Å². The Morgan fingerprint density at radius 3 is 1.12 bits per heavy atom. The van der Waals surface area contributed by atoms with Gasteiger partial charge in [-0.15, -0.1) is 19.3 Å². The zero-order valence-electron chi connectivity index (χ0n) is 74.2. The predicted octanol–water partition coefficient (Wildman–Crippen LogP) is 17.0. The summed E-state index contributed by atoms with van der Waals surface area (Å²) in [4.78, 5) is 125. The first-order valence-corrected chi connectivity index (χ1v) is 43.8. The van der Waals surface area contributed by atoms with Gasteiger partial charge in [0.05, 0.1) is 89.0 Å². The molecule has 0 atom stereocenters. The third-order valence-electron chi connectivity index (χ3n) is 23.3. The smallest absolute Gasteiger partial charge is 0.274 e. The Bertz CT molecular complexity index is 6780. The number of rotatable bonds is 18. The van der Waals surface area contributed by atoms with Gasteiger partial charge in [0.25, 0.3) is 16.7 Å². The summed E-state index contributed by atoms with van der Waals surface area (Å²) in [7, 11) is 0. The van der Waals surface area contributed by atoms with Crippen molar-refractivity contribution < 1.29 is 23.2 Å². The number of amides is 3. The van der Waals surface area contributed by atoms with Crippen LogP contribution in [0, 0.1) is 62.5 Å². The number of anilines is 3. The molecule has 3 fully saturated rings. The molecule has 660 valence electrons. The van der Waals surface area contributed by atoms with E-state index in [-0.39, 0.29) is 120 Å². The van der Waals surface area contributed by atoms with E-state index in [1.165, 1.54) is 45.8 Å². The molecule has 0 bridgehead atoms. The Balaban J connectivity index is 0.000000165. The van der Waals surface area contributed by atoms with Gasteiger partial charge in [-0.05, 0) is 127 Å². The maximum absolute atomic E-state index is 15.1. The van der Waals surface area contributed by atoms with Crippen molar-refractivity contribution in [2.75, 3.05) is 99.8 Å². The summed E-state index contributed by atoms with van der Waals surface area (Å²) in [5, 5.41) is 2.60. The fourth-order valence-corrected chi connectivity index (χ4v) is 17.6. The average molecular weight is 1790 g/mol. The highest BCUT2D eigenvalue weighted by Crippen LogP contribution is 2.44. The second-order valence-corrected chi connectivity index (χ2v) is 34.3. The zero-order chi connectivity index (χ0) is 92.8. The van der Waals surface area contributed by atoms with E-state index in [9.17, 15) is 33.2 Å². The lowest BCUT2D eigenvalue weighted by Gasteiger charge is -2.37. The van der Waals surface area contributed by atoms with Crippen molar-refractivity contribution in [1.29, 1.82) is 0 Å². The summed E-state index contributed by atoms with van der Waals surface area (Å²) in [6.45, 7) is 36.9. The molecule has 3 aromatic carbocycles. The second-order valence-electron chi connectivity index (χ2n) is 33.1. The number of fused-ring (bicyclic) bond motifs is 3. The third kappa shape index (κ3) is 18.3. The van der Waals surface area contributed by atoms with Crippen LogP contribution in [0.15, 0.2) is 174 Å². The standard InChI is InChI=1S/C35H36ClN5O2.C34H35ClFN7O2.C32H29ClFN5O2/c1-8-24-32(40-18-16-39(17-19-40)29(42)9-2)27-20-28(36)31(26-13-11-10-12-23(26)7)38-34(27)41(35(24)43)33-25(21(3)4)14-15-37-30(33)22(5)6;1-6-22-31(42-16-14-41(15-17-42)27(44)12-9-13-37)24-18-25(35)30(23-10-7-8-11-26(23)36)40-33(24)43(34(22)45)32-28(20(2)3)38-19-39-29(32)21(4)5;1-6-21-30(38-16-14-37(15-17-38)26(40)7-2)23-18-24(33)28(22-10-8-9-11-25(22)34)36-31(23)39(32(21)41)29-20(5)12-13-35-27(29)19(3)4/h1,9-15,20-22H,2,16-19H2,3-7H3;1,7-12,18-21H,13-17,37H2,2-5H3;1,7-13,18-19H,2,14-17H2,3-5H3/b;12-9+;. The number of nitrogens with two attached hydrogens (primary N) is 1. The van der Waals surface area contributed by atoms with Gasteiger partial charge in [-0.1, -0.05) is 190 Å². The minimum absolute atomic E-state index is 0.0189. The highest BCUT2D eigenvalue weighted by molar-refractivity contribution is 6.35. The van der Waals surface area contributed by atoms with E-state index in [2.05, 4.69) is 78.5 Å². The lowest BCUT2D eigenvalue weighted by molar-refractivity contribution is -0.127. The van der Waals surface area contributed by atoms with Crippen LogP contribution in [0.25, 0.3) is 83.9 Å². The number of halogens is 5. The number of hydrogen-bond acceptors (Lipinski definition) is 17. The van der Waals surface area contributed by atoms with Gasteiger partial charge in [0.15, 0.2) is 0 Å². The number of aryl methyl sites for hydroxylation is 2. The summed E-state index contributed by atoms with van der Waals surface area (Å²) < 4.78 is 34.7. The largest absolute Gasteiger partial charge is 0.366 e. The third-order valence-corrected chi connectivity index (χ3v) is 24.2. The molecule has 2 N–H and O–H groups in total. The summed E-state index contributed by atoms with van der Waals surface area (Å²) in [5.74, 6) is 6.55. The van der Waals surface area contributed by atoms with Gasteiger partial charge in [-0.2, -0.15) is 0 Å². The first-order valence-electron chi connectivity index (χ1n) is 42.7. The van der Waals surface area contributed by atoms with Crippen LogP contribution < -0.4 is 37.1 Å². The van der Waals surface area contributed by atoms with Crippen LogP contribution in [0.4, 0.5) is 25.8 Å². The fraction of sp³-hybridized carbons (Fsp3) is 0.297. The van der Waals surface area contributed by atoms with E-state index in [1.54, 1.807) is 86.3 Å². The Hall–Kier alpha value is -13.5. The first-order chi connectivity index (χ1) is 61.8. The van der Waals surface area contributed by atoms with E-state index < -0.39 is 22.8 Å². The molecular formula is C101H100Cl3F2N17O6. The van der Waals surface area contributed by atoms with Crippen LogP contribution in [-0.4, -0.2) is 166 Å². The number of hydrogen-bond donors (Lipinski definition) is 1. The van der Waals surface area contributed by atoms with Crippen LogP contribution in [0.3, 0.4) is 0 Å². The second kappa shape index (κ2) is 39.8. The van der Waals surface area contributed by atoms with Gasteiger partial charge in [-0.3, -0.25) is 52.4 Å². The minimum atomic E-state index is -0.501. The molecule has 15 rings (SSSR count). The molecule has 9 aromatic heterocycles. The van der Waals surface area contributed by atoms with Gasteiger partial charge in [-0.25, -0.2) is 33.7 Å². The van der Waals surface area contributed by atoms with Crippen molar-refractivity contribution in [3.63, 3.8) is 0 Å². The molecular weight excluding hydrogens is 1690 g/mol. The molecule has 23 nitrogen and oxygen atoms in total. The van der Waals surface area contributed by atoms with Crippen LogP contribution in [0.5, 0.6) is 0 Å². The van der Waals surface area contributed by atoms with Crippen molar-refractivity contribution in [2.24, 2.45) is 5.73 Å². The summed E-state index contributed by atoms with van der Waals surface area (Å²) in [5.41, 5.74) is 17.0. The number of pyridine rings is 8. The van der Waals surface area contributed by atoms with Crippen LogP contribution in [0.1, 0.15) is 155 Å². The Morgan fingerprint density at radius 1 is 0.434 bits per heavy atom. The number of aromatic nitrogens is 10. The lowest BCUT2D eigenvalue weighted by Crippen LogP contribution is -2.49. The highest BCUT2D eigenvalue weighted by atomic mass is 35.5. The zero-order valence-corrected chi connectivity index (χ0v) is 76.4. The predicted molar refractivity (Wildman–Crippen MR) is 513 cm³/mol. The molecule has 12 heterocycles. The minimum Gasteiger partial charge on any atom is -0.366 e. The molecule has 0 aliphatic carbocycles. The summed E-state index contributed by atoms with van der Waals surface area (Å²) in [6.07, 6.45) is 28.9. The van der Waals surface area contributed by atoms with Crippen LogP contribution in [-0.2, 0) is 14.4 Å². The topological polar surface area (TPSA) is 253 Å². The molecule has 0 unspecified atom stereocenters. The van der Waals surface area contributed by atoms with Gasteiger partial charge in [0, 0.05) is 136 Å². The maximum Gasteiger partial charge on any atom is 0.274 e. The Kier molecular flexibility index (Phi) is 28.8. The van der Waals surface area contributed by atoms with Crippen molar-refractivity contribution >= 4 is 103 Å². The van der Waals surface area contributed by atoms with E-state index in [0.29, 0.717) is 162 Å². The number of terminal acetylenes is 3. The number of piperazine rings is 3. The molecule has 0 radical (unpaired) electrons. The molecule has 28 heteroatoms. The normalized spacial score (nSPS) is 13.6. The first kappa shape index (κ1) is 93.2. The van der Waals surface area contributed by atoms with Crippen molar-refractivity contribution in [3.05, 3.63) is 273 Å². The average Bonchev–Trinajstić information content (AvgIpc) is 0.734. The number of carbonyl (C=O) groups excluding carboxylic acids is 3. The molecule has 0 saturated carbocycles. The Labute approximate surface area is 763 Å². The van der Waals surface area contributed by atoms with Gasteiger partial charge < -0.3 is 35.1 Å². The molecule has 3 amide bonds. The molecule has 129 heavy (non-hydrogen) atoms. The van der Waals surface area contributed by atoms with Gasteiger partial charge in [0.2, 0.25) is 17.7 Å². The summed E-state index contributed by atoms with van der Waals surface area (Å²) in [6, 6.07) is 29.4. The summed E-state index contributed by atoms with van der Waals surface area (Å²) >= 11 is 20.6. The molecule has 12 aromatic rings. The van der Waals surface area contributed by atoms with E-state index in [0.717, 1.165) is 27.9 Å². The molecule has 3 aliphatic heterocycles. The van der Waals surface area contributed by atoms with Crippen molar-refractivity contribution in [2.45, 2.75) is 113 Å². The Morgan fingerprint density at radius 2 is 0.767 bits per heavy atom. The quantitative estimate of drug-likeness (QED) is 0.0619. The lowest BCUT2D eigenvalue weighted by atomic mass is 9.96. The van der Waals surface area contributed by atoms with Crippen LogP contribution >= 0.6 is 34.8 Å². The van der Waals surface area contributed by atoms with E-state index in [4.69, 9.17) is 79.7 Å². The van der Waals surface area contributed by atoms with Gasteiger partial charge >= 0.3 is 0 Å². The maximum atomic E-state index is 15.1. The molecule has 3 saturated heterocycles. The molecule has 0 spiro atoms. The number of carbonyl (C=O) groups is 3. The van der Waals surface area contributed by atoms with E-state index >= 15 is 4.39 Å². The number of nitrogens with zero attached hydrogens (tertiary/aromatic N) is 16. The monoisotopic (exact) mass is 1790 g/mol. The highest BCUT2D eigenvalue weighted by Gasteiger charge is 2.36. The number of benzene rings is 3. The van der Waals surface area contributed by atoms with Crippen LogP contribution in [0.2, 0.25) is 15.1 Å². The fourth-order valence-electron chi connectivity index (χ4n) is 16.9. The molecule has 3 aliphatic rings. The van der Waals surface area contributed by atoms with Crippen molar-refractivity contribution in [3.8, 4) is 87.9 Å². The van der Waals surface area contributed by atoms with Gasteiger partial charge in [0.1, 0.15) is 51.6 Å². The van der Waals surface area contributed by atoms with E-state index in [1.807, 2.05) is 108 Å².